The summed E-state index contributed by atoms with van der Waals surface area (Å²) in [7, 11) is 0. The molecule has 1 radical (unpaired) electrons. The van der Waals surface area contributed by atoms with E-state index in [1.165, 1.54) is 16.5 Å². The molecule has 1 nitrogen and oxygen atoms in total. The van der Waals surface area contributed by atoms with E-state index < -0.39 is 0 Å². The molecule has 0 saturated carbocycles. The van der Waals surface area contributed by atoms with E-state index in [0.717, 1.165) is 11.4 Å². The van der Waals surface area contributed by atoms with E-state index in [2.05, 4.69) is 54.1 Å². The maximum Gasteiger partial charge on any atom is 0.0585 e. The van der Waals surface area contributed by atoms with Crippen LogP contribution in [0.4, 0.5) is 0 Å². The smallest absolute Gasteiger partial charge is 0.0585 e. The maximum atomic E-state index is 6.04. The molecule has 0 fully saturated rings. The molecule has 1 heterocycles. The monoisotopic (exact) mass is 268 g/mol. The first-order valence-electron chi connectivity index (χ1n) is 6.40. The summed E-state index contributed by atoms with van der Waals surface area (Å²) in [5, 5.41) is 1.94. The highest BCUT2D eigenvalue weighted by Crippen LogP contribution is 2.28. The van der Waals surface area contributed by atoms with E-state index in [1.807, 2.05) is 18.2 Å². The lowest BCUT2D eigenvalue weighted by Gasteiger charge is -2.19. The maximum absolute atomic E-state index is 6.04. The Morgan fingerprint density at radius 1 is 1.05 bits per heavy atom. The van der Waals surface area contributed by atoms with Gasteiger partial charge in [0.05, 0.1) is 6.04 Å². The Hall–Kier alpha value is -1.73. The van der Waals surface area contributed by atoms with Gasteiger partial charge in [-0.15, -0.1) is 0 Å². The lowest BCUT2D eigenvalue weighted by atomic mass is 10.0. The van der Waals surface area contributed by atoms with Gasteiger partial charge >= 0.3 is 0 Å². The third-order valence-corrected chi connectivity index (χ3v) is 3.71. The van der Waals surface area contributed by atoms with E-state index in [4.69, 9.17) is 11.6 Å². The first-order chi connectivity index (χ1) is 9.29. The molecule has 0 spiro atoms. The molecule has 0 aliphatic heterocycles. The summed E-state index contributed by atoms with van der Waals surface area (Å²) in [6.45, 7) is 4.10. The molecule has 1 atom stereocenters. The summed E-state index contributed by atoms with van der Waals surface area (Å²) in [6.07, 6.45) is 2.93. The van der Waals surface area contributed by atoms with Crippen LogP contribution in [0.25, 0.3) is 10.9 Å². The number of fused-ring (bicyclic) bond motifs is 1. The van der Waals surface area contributed by atoms with Crippen molar-refractivity contribution in [2.24, 2.45) is 0 Å². The Kier molecular flexibility index (Phi) is 3.31. The van der Waals surface area contributed by atoms with Crippen molar-refractivity contribution in [3.05, 3.63) is 78.3 Å². The van der Waals surface area contributed by atoms with Crippen molar-refractivity contribution in [3.8, 4) is 0 Å². The number of hydrogen-bond donors (Lipinski definition) is 0. The molecule has 1 aromatic heterocycles. The first-order valence-corrected chi connectivity index (χ1v) is 6.77. The van der Waals surface area contributed by atoms with Gasteiger partial charge in [-0.3, -0.25) is 0 Å². The van der Waals surface area contributed by atoms with Crippen molar-refractivity contribution >= 4 is 22.5 Å². The van der Waals surface area contributed by atoms with Crippen LogP contribution in [0.1, 0.15) is 18.0 Å². The van der Waals surface area contributed by atoms with Crippen molar-refractivity contribution in [2.75, 3.05) is 0 Å². The largest absolute Gasteiger partial charge is 0.340 e. The van der Waals surface area contributed by atoms with Gasteiger partial charge in [0.25, 0.3) is 0 Å². The third kappa shape index (κ3) is 2.26. The molecule has 0 bridgehead atoms. The fourth-order valence-corrected chi connectivity index (χ4v) is 2.73. The van der Waals surface area contributed by atoms with E-state index in [0.29, 0.717) is 0 Å². The molecule has 0 aliphatic carbocycles. The fourth-order valence-electron chi connectivity index (χ4n) is 2.55. The Bertz CT molecular complexity index is 685. The lowest BCUT2D eigenvalue weighted by molar-refractivity contribution is 0.611. The van der Waals surface area contributed by atoms with Gasteiger partial charge in [-0.25, -0.2) is 0 Å². The Morgan fingerprint density at radius 3 is 2.58 bits per heavy atom. The quantitative estimate of drug-likeness (QED) is 0.622. The van der Waals surface area contributed by atoms with Crippen LogP contribution in [0.5, 0.6) is 0 Å². The average Bonchev–Trinajstić information content (AvgIpc) is 2.84. The lowest BCUT2D eigenvalue weighted by Crippen LogP contribution is -2.08. The molecule has 95 valence electrons. The Morgan fingerprint density at radius 2 is 1.84 bits per heavy atom. The zero-order valence-electron chi connectivity index (χ0n) is 10.6. The number of aromatic nitrogens is 1. The van der Waals surface area contributed by atoms with E-state index in [9.17, 15) is 0 Å². The summed E-state index contributed by atoms with van der Waals surface area (Å²) in [6, 6.07) is 18.9. The van der Waals surface area contributed by atoms with Gasteiger partial charge in [0.1, 0.15) is 0 Å². The van der Waals surface area contributed by atoms with Crippen molar-refractivity contribution < 1.29 is 0 Å². The van der Waals surface area contributed by atoms with Crippen LogP contribution >= 0.6 is 11.6 Å². The van der Waals surface area contributed by atoms with Gasteiger partial charge in [-0.2, -0.15) is 0 Å². The topological polar surface area (TPSA) is 4.93 Å². The van der Waals surface area contributed by atoms with E-state index in [1.54, 1.807) is 0 Å². The van der Waals surface area contributed by atoms with Crippen LogP contribution in [0.15, 0.2) is 60.8 Å². The second-order valence-electron chi connectivity index (χ2n) is 4.64. The first kappa shape index (κ1) is 12.3. The average molecular weight is 269 g/mol. The van der Waals surface area contributed by atoms with Crippen LogP contribution in [-0.2, 0) is 0 Å². The highest BCUT2D eigenvalue weighted by Gasteiger charge is 2.13. The molecule has 0 N–H and O–H groups in total. The summed E-state index contributed by atoms with van der Waals surface area (Å²) in [5.74, 6) is 0. The molecule has 0 saturated heterocycles. The second kappa shape index (κ2) is 5.10. The predicted molar refractivity (Wildman–Crippen MR) is 81.5 cm³/mol. The molecule has 3 rings (SSSR count). The Labute approximate surface area is 118 Å². The molecular formula is C17H15ClN. The minimum Gasteiger partial charge on any atom is -0.340 e. The summed E-state index contributed by atoms with van der Waals surface area (Å²) in [5.41, 5.74) is 2.48. The van der Waals surface area contributed by atoms with Crippen LogP contribution in [-0.4, -0.2) is 4.57 Å². The summed E-state index contributed by atoms with van der Waals surface area (Å²) < 4.78 is 2.27. The van der Waals surface area contributed by atoms with Crippen LogP contribution in [0.3, 0.4) is 0 Å². The zero-order valence-corrected chi connectivity index (χ0v) is 11.3. The summed E-state index contributed by atoms with van der Waals surface area (Å²) >= 11 is 6.04. The molecule has 19 heavy (non-hydrogen) atoms. The van der Waals surface area contributed by atoms with Gasteiger partial charge in [0.15, 0.2) is 0 Å². The highest BCUT2D eigenvalue weighted by atomic mass is 35.5. The number of hydrogen-bond acceptors (Lipinski definition) is 0. The molecular weight excluding hydrogens is 254 g/mol. The van der Waals surface area contributed by atoms with E-state index >= 15 is 0 Å². The number of nitrogens with zero attached hydrogens (tertiary/aromatic N) is 1. The predicted octanol–water partition coefficient (Wildman–Crippen LogP) is 5.11. The molecule has 0 aliphatic rings. The molecule has 1 unspecified atom stereocenters. The normalized spacial score (nSPS) is 12.7. The van der Waals surface area contributed by atoms with Crippen LogP contribution in [0.2, 0.25) is 5.02 Å². The SMILES string of the molecule is [CH2]CC(c1ccccc1)n1ccc2cc(Cl)ccc21. The van der Waals surface area contributed by atoms with Gasteiger partial charge in [0.2, 0.25) is 0 Å². The minimum atomic E-state index is 0.264. The third-order valence-electron chi connectivity index (χ3n) is 3.48. The molecule has 2 heteroatoms. The molecule has 2 aromatic carbocycles. The van der Waals surface area contributed by atoms with Crippen molar-refractivity contribution in [3.63, 3.8) is 0 Å². The van der Waals surface area contributed by atoms with Crippen LogP contribution in [0, 0.1) is 6.92 Å². The number of rotatable bonds is 3. The molecule has 3 aromatic rings. The Balaban J connectivity index is 2.12. The summed E-state index contributed by atoms with van der Waals surface area (Å²) in [4.78, 5) is 0. The zero-order chi connectivity index (χ0) is 13.2. The standard InChI is InChI=1S/C17H15ClN/c1-2-16(13-6-4-3-5-7-13)19-11-10-14-12-15(18)8-9-17(14)19/h3-12,16H,1-2H2. The van der Waals surface area contributed by atoms with Gasteiger partial charge < -0.3 is 4.57 Å². The highest BCUT2D eigenvalue weighted by molar-refractivity contribution is 6.31. The minimum absolute atomic E-state index is 0.264. The molecule has 0 amide bonds. The number of benzene rings is 2. The van der Waals surface area contributed by atoms with Crippen molar-refractivity contribution in [1.82, 2.24) is 4.57 Å². The fraction of sp³-hybridized carbons (Fsp3) is 0.118. The second-order valence-corrected chi connectivity index (χ2v) is 5.08. The van der Waals surface area contributed by atoms with Gasteiger partial charge in [-0.1, -0.05) is 48.9 Å². The van der Waals surface area contributed by atoms with Crippen LogP contribution < -0.4 is 0 Å². The van der Waals surface area contributed by atoms with E-state index in [-0.39, 0.29) is 6.04 Å². The number of halogens is 1. The van der Waals surface area contributed by atoms with Crippen molar-refractivity contribution in [1.29, 1.82) is 0 Å². The van der Waals surface area contributed by atoms with Gasteiger partial charge in [-0.05, 0) is 36.2 Å². The van der Waals surface area contributed by atoms with Gasteiger partial charge in [0, 0.05) is 22.1 Å². The van der Waals surface area contributed by atoms with Crippen molar-refractivity contribution in [2.45, 2.75) is 12.5 Å².